The molecule has 3 rings (SSSR count). The predicted molar refractivity (Wildman–Crippen MR) is 84.9 cm³/mol. The van der Waals surface area contributed by atoms with Crippen LogP contribution in [0.15, 0.2) is 24.3 Å². The van der Waals surface area contributed by atoms with Crippen molar-refractivity contribution in [3.05, 3.63) is 35.4 Å². The van der Waals surface area contributed by atoms with Gasteiger partial charge in [0.15, 0.2) is 0 Å². The third-order valence-electron chi connectivity index (χ3n) is 4.88. The molecular weight excluding hydrogens is 260 g/mol. The average molecular weight is 286 g/mol. The quantitative estimate of drug-likeness (QED) is 0.926. The summed E-state index contributed by atoms with van der Waals surface area (Å²) in [4.78, 5) is 14.1. The number of nitrogens with zero attached hydrogens (tertiary/aromatic N) is 1. The van der Waals surface area contributed by atoms with Crippen LogP contribution in [-0.4, -0.2) is 23.9 Å². The van der Waals surface area contributed by atoms with Gasteiger partial charge in [0, 0.05) is 6.54 Å². The molecule has 3 nitrogen and oxygen atoms in total. The van der Waals surface area contributed by atoms with E-state index in [0.29, 0.717) is 12.5 Å². The van der Waals surface area contributed by atoms with Crippen molar-refractivity contribution in [2.24, 2.45) is 11.8 Å². The number of hydrogen-bond donors (Lipinski definition) is 1. The van der Waals surface area contributed by atoms with Crippen molar-refractivity contribution in [3.63, 3.8) is 0 Å². The van der Waals surface area contributed by atoms with E-state index in [1.54, 1.807) is 0 Å². The minimum atomic E-state index is 0.0549. The molecule has 1 aromatic rings. The lowest BCUT2D eigenvalue weighted by Gasteiger charge is -2.26. The van der Waals surface area contributed by atoms with Crippen LogP contribution >= 0.6 is 0 Å². The van der Waals surface area contributed by atoms with E-state index >= 15 is 0 Å². The summed E-state index contributed by atoms with van der Waals surface area (Å²) in [5.41, 5.74) is 2.70. The normalized spacial score (nSPS) is 29.0. The second kappa shape index (κ2) is 5.13. The second-order valence-corrected chi connectivity index (χ2v) is 7.67. The first kappa shape index (κ1) is 14.6. The van der Waals surface area contributed by atoms with E-state index in [0.717, 1.165) is 12.5 Å². The molecule has 2 aliphatic rings. The van der Waals surface area contributed by atoms with Gasteiger partial charge in [-0.15, -0.1) is 0 Å². The molecule has 3 atom stereocenters. The Morgan fingerprint density at radius 3 is 2.38 bits per heavy atom. The lowest BCUT2D eigenvalue weighted by Crippen LogP contribution is -2.32. The van der Waals surface area contributed by atoms with Crippen LogP contribution < -0.4 is 5.32 Å². The van der Waals surface area contributed by atoms with Gasteiger partial charge in [-0.3, -0.25) is 10.1 Å². The predicted octanol–water partition coefficient (Wildman–Crippen LogP) is 3.07. The van der Waals surface area contributed by atoms with Gasteiger partial charge in [-0.05, 0) is 34.8 Å². The number of carbonyl (C=O) groups is 1. The molecule has 3 heteroatoms. The largest absolute Gasteiger partial charge is 0.322 e. The fourth-order valence-electron chi connectivity index (χ4n) is 3.12. The Hall–Kier alpha value is -1.35. The zero-order valence-corrected chi connectivity index (χ0v) is 13.5. The van der Waals surface area contributed by atoms with Gasteiger partial charge in [0.25, 0.3) is 0 Å². The van der Waals surface area contributed by atoms with Crippen LogP contribution in [0, 0.1) is 11.8 Å². The van der Waals surface area contributed by atoms with Crippen molar-refractivity contribution in [3.8, 4) is 0 Å². The minimum absolute atomic E-state index is 0.0549. The van der Waals surface area contributed by atoms with Crippen molar-refractivity contribution in [1.82, 2.24) is 10.2 Å². The van der Waals surface area contributed by atoms with Gasteiger partial charge in [-0.1, -0.05) is 52.0 Å². The topological polar surface area (TPSA) is 32.3 Å². The summed E-state index contributed by atoms with van der Waals surface area (Å²) in [6, 6.07) is 8.72. The molecule has 1 N–H and O–H groups in total. The number of benzene rings is 1. The number of carbonyl (C=O) groups excluding carboxylic acids is 1. The highest BCUT2D eigenvalue weighted by atomic mass is 16.2. The number of nitrogens with one attached hydrogen (secondary N) is 1. The first-order valence-corrected chi connectivity index (χ1v) is 7.99. The van der Waals surface area contributed by atoms with E-state index < -0.39 is 0 Å². The molecular formula is C18H26N2O. The molecule has 1 aliphatic heterocycles. The number of rotatable bonds is 3. The second-order valence-electron chi connectivity index (χ2n) is 7.67. The molecule has 0 aromatic heterocycles. The molecule has 1 aliphatic carbocycles. The van der Waals surface area contributed by atoms with E-state index in [4.69, 9.17) is 0 Å². The number of amides is 1. The summed E-state index contributed by atoms with van der Waals surface area (Å²) < 4.78 is 0. The molecule has 0 spiro atoms. The molecule has 2 fully saturated rings. The van der Waals surface area contributed by atoms with Crippen molar-refractivity contribution in [2.45, 2.75) is 45.7 Å². The molecule has 1 amide bonds. The Balaban J connectivity index is 1.76. The Kier molecular flexibility index (Phi) is 3.56. The van der Waals surface area contributed by atoms with Crippen LogP contribution in [-0.2, 0) is 10.2 Å². The maximum absolute atomic E-state index is 12.1. The van der Waals surface area contributed by atoms with Gasteiger partial charge in [-0.25, -0.2) is 0 Å². The van der Waals surface area contributed by atoms with Crippen LogP contribution in [0.25, 0.3) is 0 Å². The molecule has 1 heterocycles. The van der Waals surface area contributed by atoms with Gasteiger partial charge in [0.05, 0.1) is 6.54 Å². The highest BCUT2D eigenvalue weighted by Gasteiger charge is 2.40. The van der Waals surface area contributed by atoms with E-state index in [1.165, 1.54) is 17.5 Å². The van der Waals surface area contributed by atoms with E-state index in [1.807, 2.05) is 4.90 Å². The van der Waals surface area contributed by atoms with Crippen LogP contribution in [0.3, 0.4) is 0 Å². The third kappa shape index (κ3) is 2.98. The van der Waals surface area contributed by atoms with Crippen molar-refractivity contribution in [2.75, 3.05) is 13.1 Å². The lowest BCUT2D eigenvalue weighted by atomic mass is 9.86. The molecule has 1 aromatic carbocycles. The van der Waals surface area contributed by atoms with Gasteiger partial charge in [0.1, 0.15) is 6.17 Å². The summed E-state index contributed by atoms with van der Waals surface area (Å²) in [5, 5.41) is 3.36. The Bertz CT molecular complexity index is 529. The average Bonchev–Trinajstić information content (AvgIpc) is 2.99. The van der Waals surface area contributed by atoms with Crippen molar-refractivity contribution >= 4 is 5.91 Å². The van der Waals surface area contributed by atoms with E-state index in [2.05, 4.69) is 57.3 Å². The molecule has 0 bridgehead atoms. The fourth-order valence-corrected chi connectivity index (χ4v) is 3.12. The summed E-state index contributed by atoms with van der Waals surface area (Å²) in [6.45, 7) is 10.3. The van der Waals surface area contributed by atoms with Gasteiger partial charge in [-0.2, -0.15) is 0 Å². The molecule has 0 radical (unpaired) electrons. The zero-order chi connectivity index (χ0) is 15.2. The van der Waals surface area contributed by atoms with Crippen LogP contribution in [0.2, 0.25) is 0 Å². The molecule has 114 valence electrons. The van der Waals surface area contributed by atoms with Crippen molar-refractivity contribution < 1.29 is 4.79 Å². The molecule has 1 saturated carbocycles. The van der Waals surface area contributed by atoms with E-state index in [9.17, 15) is 4.79 Å². The van der Waals surface area contributed by atoms with Crippen LogP contribution in [0.4, 0.5) is 0 Å². The Labute approximate surface area is 127 Å². The summed E-state index contributed by atoms with van der Waals surface area (Å²) in [7, 11) is 0. The zero-order valence-electron chi connectivity index (χ0n) is 13.5. The Morgan fingerprint density at radius 2 is 1.86 bits per heavy atom. The highest BCUT2D eigenvalue weighted by molar-refractivity contribution is 5.81. The minimum Gasteiger partial charge on any atom is -0.322 e. The van der Waals surface area contributed by atoms with Crippen molar-refractivity contribution in [1.29, 1.82) is 0 Å². The van der Waals surface area contributed by atoms with Gasteiger partial charge < -0.3 is 4.90 Å². The Morgan fingerprint density at radius 1 is 1.24 bits per heavy atom. The first-order chi connectivity index (χ1) is 9.86. The third-order valence-corrected chi connectivity index (χ3v) is 4.88. The standard InChI is InChI=1S/C18H26N2O/c1-12-9-14(12)11-20-16(21)10-19-17(20)13-5-7-15(8-6-13)18(2,3)4/h5-8,12,14,17,19H,9-11H2,1-4H3. The van der Waals surface area contributed by atoms with Gasteiger partial charge in [0.2, 0.25) is 5.91 Å². The SMILES string of the molecule is CC1CC1CN1C(=O)CNC1c1ccc(C(C)(C)C)cc1. The van der Waals surface area contributed by atoms with E-state index in [-0.39, 0.29) is 17.5 Å². The van der Waals surface area contributed by atoms with Crippen LogP contribution in [0.5, 0.6) is 0 Å². The molecule has 21 heavy (non-hydrogen) atoms. The highest BCUT2D eigenvalue weighted by Crippen LogP contribution is 2.40. The number of hydrogen-bond acceptors (Lipinski definition) is 2. The monoisotopic (exact) mass is 286 g/mol. The molecule has 3 unspecified atom stereocenters. The summed E-state index contributed by atoms with van der Waals surface area (Å²) in [5.74, 6) is 1.71. The maximum Gasteiger partial charge on any atom is 0.238 e. The lowest BCUT2D eigenvalue weighted by molar-refractivity contribution is -0.128. The van der Waals surface area contributed by atoms with Crippen LogP contribution in [0.1, 0.15) is 51.4 Å². The van der Waals surface area contributed by atoms with Gasteiger partial charge >= 0.3 is 0 Å². The maximum atomic E-state index is 12.1. The summed E-state index contributed by atoms with van der Waals surface area (Å²) >= 11 is 0. The molecule has 1 saturated heterocycles. The smallest absolute Gasteiger partial charge is 0.238 e. The fraction of sp³-hybridized carbons (Fsp3) is 0.611. The first-order valence-electron chi connectivity index (χ1n) is 7.99. The summed E-state index contributed by atoms with van der Waals surface area (Å²) in [6.07, 6.45) is 1.32.